The van der Waals surface area contributed by atoms with Gasteiger partial charge in [-0.2, -0.15) is 0 Å². The van der Waals surface area contributed by atoms with Crippen LogP contribution in [0, 0.1) is 5.82 Å². The van der Waals surface area contributed by atoms with Crippen molar-refractivity contribution in [3.05, 3.63) is 46.7 Å². The molecule has 1 atom stereocenters. The quantitative estimate of drug-likeness (QED) is 0.821. The molecule has 0 radical (unpaired) electrons. The third kappa shape index (κ3) is 2.93. The number of hydrogen-bond acceptors (Lipinski definition) is 1. The van der Waals surface area contributed by atoms with Crippen LogP contribution < -0.4 is 5.73 Å². The van der Waals surface area contributed by atoms with Gasteiger partial charge in [-0.3, -0.25) is 0 Å². The molecule has 0 unspecified atom stereocenters. The lowest BCUT2D eigenvalue weighted by atomic mass is 10.0. The molecule has 76 valence electrons. The van der Waals surface area contributed by atoms with Crippen LogP contribution in [0.25, 0.3) is 0 Å². The summed E-state index contributed by atoms with van der Waals surface area (Å²) in [4.78, 5) is 0. The van der Waals surface area contributed by atoms with Crippen molar-refractivity contribution in [2.24, 2.45) is 5.73 Å². The molecule has 0 saturated heterocycles. The Bertz CT molecular complexity index is 325. The molecular weight excluding hydrogens is 245 g/mol. The van der Waals surface area contributed by atoms with Gasteiger partial charge in [0.05, 0.1) is 0 Å². The minimum absolute atomic E-state index is 0.246. The molecule has 0 aliphatic carbocycles. The molecule has 0 heterocycles. The summed E-state index contributed by atoms with van der Waals surface area (Å²) in [5.74, 6) is -0.246. The fraction of sp³-hybridized carbons (Fsp3) is 0.273. The summed E-state index contributed by atoms with van der Waals surface area (Å²) in [5, 5.41) is 0. The summed E-state index contributed by atoms with van der Waals surface area (Å²) >= 11 is 3.29. The Kier molecular flexibility index (Phi) is 4.29. The molecule has 3 heteroatoms. The zero-order valence-electron chi connectivity index (χ0n) is 7.84. The molecule has 0 fully saturated rings. The van der Waals surface area contributed by atoms with E-state index < -0.39 is 0 Å². The smallest absolute Gasteiger partial charge is 0.128 e. The Morgan fingerprint density at radius 2 is 2.29 bits per heavy atom. The van der Waals surface area contributed by atoms with Crippen molar-refractivity contribution < 1.29 is 4.39 Å². The van der Waals surface area contributed by atoms with E-state index >= 15 is 0 Å². The largest absolute Gasteiger partial charge is 0.324 e. The van der Waals surface area contributed by atoms with Crippen LogP contribution in [0.2, 0.25) is 0 Å². The number of allylic oxidation sites excluding steroid dienone is 1. The normalized spacial score (nSPS) is 12.5. The van der Waals surface area contributed by atoms with Crippen molar-refractivity contribution in [2.45, 2.75) is 18.9 Å². The molecule has 1 nitrogen and oxygen atoms in total. The third-order valence-corrected chi connectivity index (χ3v) is 2.53. The van der Waals surface area contributed by atoms with Crippen LogP contribution in [0.15, 0.2) is 35.3 Å². The molecule has 2 N–H and O–H groups in total. The lowest BCUT2D eigenvalue weighted by Crippen LogP contribution is -2.11. The Labute approximate surface area is 91.9 Å². The molecule has 1 aromatic carbocycles. The summed E-state index contributed by atoms with van der Waals surface area (Å²) in [7, 11) is 0. The first kappa shape index (κ1) is 11.4. The number of hydrogen-bond donors (Lipinski definition) is 1. The topological polar surface area (TPSA) is 26.0 Å². The predicted molar refractivity (Wildman–Crippen MR) is 60.5 cm³/mol. The van der Waals surface area contributed by atoms with Gasteiger partial charge in [-0.1, -0.05) is 22.0 Å². The van der Waals surface area contributed by atoms with Gasteiger partial charge in [-0.25, -0.2) is 4.39 Å². The van der Waals surface area contributed by atoms with Crippen molar-refractivity contribution in [3.63, 3.8) is 0 Å². The average molecular weight is 258 g/mol. The van der Waals surface area contributed by atoms with Gasteiger partial charge >= 0.3 is 0 Å². The second-order valence-corrected chi connectivity index (χ2v) is 4.05. The molecule has 0 aromatic heterocycles. The highest BCUT2D eigenvalue weighted by atomic mass is 79.9. The van der Waals surface area contributed by atoms with Crippen LogP contribution in [0.3, 0.4) is 0 Å². The maximum Gasteiger partial charge on any atom is 0.128 e. The monoisotopic (exact) mass is 257 g/mol. The van der Waals surface area contributed by atoms with Gasteiger partial charge in [0.25, 0.3) is 0 Å². The van der Waals surface area contributed by atoms with Gasteiger partial charge in [0.15, 0.2) is 0 Å². The predicted octanol–water partition coefficient (Wildman–Crippen LogP) is 3.55. The Hall–Kier alpha value is -0.670. The van der Waals surface area contributed by atoms with E-state index in [1.807, 2.05) is 0 Å². The summed E-state index contributed by atoms with van der Waals surface area (Å²) < 4.78 is 14.2. The first-order valence-electron chi connectivity index (χ1n) is 4.46. The van der Waals surface area contributed by atoms with Crippen molar-refractivity contribution in [1.82, 2.24) is 0 Å². The van der Waals surface area contributed by atoms with Crippen molar-refractivity contribution in [1.29, 1.82) is 0 Å². The number of benzene rings is 1. The summed E-state index contributed by atoms with van der Waals surface area (Å²) in [6, 6.07) is 4.56. The number of nitrogens with two attached hydrogens (primary N) is 1. The summed E-state index contributed by atoms with van der Waals surface area (Å²) in [6.07, 6.45) is 3.31. The maximum atomic E-state index is 13.3. The average Bonchev–Trinajstić information content (AvgIpc) is 2.18. The minimum atomic E-state index is -0.259. The van der Waals surface area contributed by atoms with Gasteiger partial charge in [0, 0.05) is 16.1 Å². The fourth-order valence-corrected chi connectivity index (χ4v) is 1.63. The molecule has 0 saturated carbocycles. The van der Waals surface area contributed by atoms with Crippen LogP contribution in [0.5, 0.6) is 0 Å². The highest BCUT2D eigenvalue weighted by Gasteiger charge is 2.10. The molecule has 0 aliphatic rings. The SMILES string of the molecule is C=CCC[C@@H](N)c1cc(Br)ccc1F. The second kappa shape index (κ2) is 5.27. The van der Waals surface area contributed by atoms with Crippen molar-refractivity contribution in [2.75, 3.05) is 0 Å². The molecule has 14 heavy (non-hydrogen) atoms. The van der Waals surface area contributed by atoms with Crippen LogP contribution in [0.1, 0.15) is 24.4 Å². The standard InChI is InChI=1S/C11H13BrFN/c1-2-3-4-11(14)9-7-8(12)5-6-10(9)13/h2,5-7,11H,1,3-4,14H2/t11-/m1/s1. The molecule has 0 spiro atoms. The highest BCUT2D eigenvalue weighted by molar-refractivity contribution is 9.10. The summed E-state index contributed by atoms with van der Waals surface area (Å²) in [5.41, 5.74) is 6.40. The molecular formula is C11H13BrFN. The van der Waals surface area contributed by atoms with Crippen LogP contribution in [0.4, 0.5) is 4.39 Å². The Morgan fingerprint density at radius 3 is 2.93 bits per heavy atom. The molecule has 1 rings (SSSR count). The van der Waals surface area contributed by atoms with E-state index in [9.17, 15) is 4.39 Å². The first-order valence-corrected chi connectivity index (χ1v) is 5.26. The fourth-order valence-electron chi connectivity index (χ4n) is 1.25. The first-order chi connectivity index (χ1) is 6.65. The van der Waals surface area contributed by atoms with E-state index in [1.54, 1.807) is 18.2 Å². The van der Waals surface area contributed by atoms with E-state index in [4.69, 9.17) is 5.73 Å². The van der Waals surface area contributed by atoms with Crippen molar-refractivity contribution >= 4 is 15.9 Å². The molecule has 0 bridgehead atoms. The van der Waals surface area contributed by atoms with E-state index in [-0.39, 0.29) is 11.9 Å². The zero-order valence-corrected chi connectivity index (χ0v) is 9.43. The van der Waals surface area contributed by atoms with E-state index in [2.05, 4.69) is 22.5 Å². The Morgan fingerprint density at radius 1 is 1.57 bits per heavy atom. The highest BCUT2D eigenvalue weighted by Crippen LogP contribution is 2.23. The van der Waals surface area contributed by atoms with Crippen molar-refractivity contribution in [3.8, 4) is 0 Å². The van der Waals surface area contributed by atoms with Gasteiger partial charge in [0.2, 0.25) is 0 Å². The van der Waals surface area contributed by atoms with Crippen LogP contribution >= 0.6 is 15.9 Å². The van der Waals surface area contributed by atoms with Gasteiger partial charge in [0.1, 0.15) is 5.82 Å². The number of rotatable bonds is 4. The third-order valence-electron chi connectivity index (χ3n) is 2.04. The zero-order chi connectivity index (χ0) is 10.6. The summed E-state index contributed by atoms with van der Waals surface area (Å²) in [6.45, 7) is 3.61. The van der Waals surface area contributed by atoms with Gasteiger partial charge in [-0.05, 0) is 31.0 Å². The van der Waals surface area contributed by atoms with Gasteiger partial charge in [-0.15, -0.1) is 6.58 Å². The minimum Gasteiger partial charge on any atom is -0.324 e. The van der Waals surface area contributed by atoms with Crippen LogP contribution in [-0.4, -0.2) is 0 Å². The molecule has 0 amide bonds. The van der Waals surface area contributed by atoms with E-state index in [0.29, 0.717) is 5.56 Å². The van der Waals surface area contributed by atoms with E-state index in [1.165, 1.54) is 6.07 Å². The lowest BCUT2D eigenvalue weighted by Gasteiger charge is -2.11. The lowest BCUT2D eigenvalue weighted by molar-refractivity contribution is 0.566. The second-order valence-electron chi connectivity index (χ2n) is 3.14. The van der Waals surface area contributed by atoms with Gasteiger partial charge < -0.3 is 5.73 Å². The van der Waals surface area contributed by atoms with Crippen LogP contribution in [-0.2, 0) is 0 Å². The molecule has 1 aromatic rings. The Balaban J connectivity index is 2.82. The van der Waals surface area contributed by atoms with E-state index in [0.717, 1.165) is 17.3 Å². The molecule has 0 aliphatic heterocycles. The number of halogens is 2. The maximum absolute atomic E-state index is 13.3.